The molecule has 0 spiro atoms. The SMILES string of the molecule is C#CCN(Cc1ccc(-c2noc(C(F)(F)F)n2)cc1)C(=O)C(=NOC)c1ccccc1. The van der Waals surface area contributed by atoms with Crippen LogP contribution in [0.1, 0.15) is 17.0 Å². The van der Waals surface area contributed by atoms with E-state index in [-0.39, 0.29) is 24.6 Å². The van der Waals surface area contributed by atoms with Crippen LogP contribution < -0.4 is 0 Å². The average molecular weight is 442 g/mol. The highest BCUT2D eigenvalue weighted by molar-refractivity contribution is 6.45. The van der Waals surface area contributed by atoms with Crippen molar-refractivity contribution in [2.24, 2.45) is 5.16 Å². The van der Waals surface area contributed by atoms with Gasteiger partial charge in [-0.2, -0.15) is 18.2 Å². The summed E-state index contributed by atoms with van der Waals surface area (Å²) in [7, 11) is 1.34. The van der Waals surface area contributed by atoms with E-state index in [4.69, 9.17) is 11.3 Å². The van der Waals surface area contributed by atoms with Crippen molar-refractivity contribution in [1.29, 1.82) is 0 Å². The van der Waals surface area contributed by atoms with Crippen LogP contribution in [0.25, 0.3) is 11.4 Å². The van der Waals surface area contributed by atoms with Crippen molar-refractivity contribution in [3.05, 3.63) is 71.6 Å². The lowest BCUT2D eigenvalue weighted by Crippen LogP contribution is -2.37. The van der Waals surface area contributed by atoms with Gasteiger partial charge in [0.2, 0.25) is 5.82 Å². The van der Waals surface area contributed by atoms with Crippen molar-refractivity contribution < 1.29 is 27.3 Å². The second-order valence-electron chi connectivity index (χ2n) is 6.47. The van der Waals surface area contributed by atoms with E-state index < -0.39 is 18.0 Å². The van der Waals surface area contributed by atoms with Gasteiger partial charge in [-0.3, -0.25) is 4.79 Å². The van der Waals surface area contributed by atoms with Crippen LogP contribution in [0.2, 0.25) is 0 Å². The van der Waals surface area contributed by atoms with Crippen LogP contribution in [0.5, 0.6) is 0 Å². The number of aromatic nitrogens is 2. The number of carbonyl (C=O) groups is 1. The second kappa shape index (κ2) is 9.78. The van der Waals surface area contributed by atoms with Crippen molar-refractivity contribution in [2.75, 3.05) is 13.7 Å². The van der Waals surface area contributed by atoms with Gasteiger partial charge in [0.15, 0.2) is 5.71 Å². The second-order valence-corrected chi connectivity index (χ2v) is 6.47. The minimum atomic E-state index is -4.72. The number of carbonyl (C=O) groups excluding carboxylic acids is 1. The fourth-order valence-corrected chi connectivity index (χ4v) is 2.80. The van der Waals surface area contributed by atoms with E-state index in [9.17, 15) is 18.0 Å². The summed E-state index contributed by atoms with van der Waals surface area (Å²) < 4.78 is 42.2. The zero-order valence-corrected chi connectivity index (χ0v) is 16.8. The van der Waals surface area contributed by atoms with E-state index in [0.29, 0.717) is 16.7 Å². The van der Waals surface area contributed by atoms with Crippen LogP contribution in [0.4, 0.5) is 13.2 Å². The van der Waals surface area contributed by atoms with Gasteiger partial charge in [0.1, 0.15) is 7.11 Å². The molecule has 0 unspecified atom stereocenters. The fourth-order valence-electron chi connectivity index (χ4n) is 2.80. The third-order valence-corrected chi connectivity index (χ3v) is 4.26. The Balaban J connectivity index is 1.80. The van der Waals surface area contributed by atoms with Gasteiger partial charge < -0.3 is 14.3 Å². The minimum absolute atomic E-state index is 0.00986. The number of nitrogens with zero attached hydrogens (tertiary/aromatic N) is 4. The molecule has 1 aromatic heterocycles. The number of oxime groups is 1. The van der Waals surface area contributed by atoms with Gasteiger partial charge in [-0.1, -0.05) is 70.8 Å². The maximum Gasteiger partial charge on any atom is 0.471 e. The minimum Gasteiger partial charge on any atom is -0.398 e. The van der Waals surface area contributed by atoms with Gasteiger partial charge in [-0.15, -0.1) is 6.42 Å². The van der Waals surface area contributed by atoms with Crippen LogP contribution in [-0.4, -0.2) is 40.3 Å². The number of rotatable bonds is 7. The maximum absolute atomic E-state index is 13.1. The van der Waals surface area contributed by atoms with Crippen LogP contribution in [0.15, 0.2) is 64.3 Å². The molecule has 7 nitrogen and oxygen atoms in total. The Labute approximate surface area is 181 Å². The average Bonchev–Trinajstić information content (AvgIpc) is 3.29. The lowest BCUT2D eigenvalue weighted by atomic mass is 10.1. The number of hydrogen-bond acceptors (Lipinski definition) is 6. The molecule has 0 fully saturated rings. The number of hydrogen-bond donors (Lipinski definition) is 0. The van der Waals surface area contributed by atoms with Gasteiger partial charge in [0.05, 0.1) is 6.54 Å². The Hall–Kier alpha value is -4.13. The summed E-state index contributed by atoms with van der Waals surface area (Å²) in [6.07, 6.45) is 0.717. The van der Waals surface area contributed by atoms with E-state index >= 15 is 0 Å². The molecule has 0 N–H and O–H groups in total. The first-order chi connectivity index (χ1) is 15.3. The highest BCUT2D eigenvalue weighted by atomic mass is 19.4. The Morgan fingerprint density at radius 3 is 2.44 bits per heavy atom. The molecule has 0 saturated carbocycles. The van der Waals surface area contributed by atoms with Crippen molar-refractivity contribution >= 4 is 11.6 Å². The molecular formula is C22H17F3N4O3. The summed E-state index contributed by atoms with van der Waals surface area (Å²) in [4.78, 5) is 22.7. The van der Waals surface area contributed by atoms with Gasteiger partial charge in [0, 0.05) is 17.7 Å². The van der Waals surface area contributed by atoms with Crippen molar-refractivity contribution in [2.45, 2.75) is 12.7 Å². The van der Waals surface area contributed by atoms with Crippen LogP contribution in [-0.2, 0) is 22.4 Å². The summed E-state index contributed by atoms with van der Waals surface area (Å²) in [5.41, 5.74) is 1.66. The van der Waals surface area contributed by atoms with E-state index in [2.05, 4.69) is 25.7 Å². The Kier molecular flexibility index (Phi) is 6.90. The van der Waals surface area contributed by atoms with Crippen LogP contribution in [0, 0.1) is 12.3 Å². The van der Waals surface area contributed by atoms with Crippen LogP contribution in [0.3, 0.4) is 0 Å². The molecule has 32 heavy (non-hydrogen) atoms. The van der Waals surface area contributed by atoms with Crippen molar-refractivity contribution in [1.82, 2.24) is 15.0 Å². The van der Waals surface area contributed by atoms with E-state index in [1.165, 1.54) is 24.1 Å². The molecule has 0 aliphatic carbocycles. The number of alkyl halides is 3. The summed E-state index contributed by atoms with van der Waals surface area (Å²) >= 11 is 0. The summed E-state index contributed by atoms with van der Waals surface area (Å²) in [6, 6.07) is 15.1. The zero-order valence-electron chi connectivity index (χ0n) is 16.8. The zero-order chi connectivity index (χ0) is 23.1. The first-order valence-corrected chi connectivity index (χ1v) is 9.23. The number of halogens is 3. The molecular weight excluding hydrogens is 425 g/mol. The summed E-state index contributed by atoms with van der Waals surface area (Å²) in [5.74, 6) is 0.387. The topological polar surface area (TPSA) is 80.8 Å². The molecule has 2 aromatic carbocycles. The number of benzene rings is 2. The smallest absolute Gasteiger partial charge is 0.398 e. The summed E-state index contributed by atoms with van der Waals surface area (Å²) in [6.45, 7) is 0.148. The molecule has 0 radical (unpaired) electrons. The Bertz CT molecular complexity index is 1130. The van der Waals surface area contributed by atoms with Gasteiger partial charge in [-0.25, -0.2) is 0 Å². The molecule has 10 heteroatoms. The highest BCUT2D eigenvalue weighted by Crippen LogP contribution is 2.29. The van der Waals surface area contributed by atoms with Crippen molar-refractivity contribution in [3.8, 4) is 23.7 Å². The van der Waals surface area contributed by atoms with Gasteiger partial charge >= 0.3 is 12.1 Å². The van der Waals surface area contributed by atoms with Crippen LogP contribution >= 0.6 is 0 Å². The van der Waals surface area contributed by atoms with E-state index in [0.717, 1.165) is 0 Å². The normalized spacial score (nSPS) is 11.7. The standard InChI is InChI=1S/C22H17F3N4O3/c1-3-13-29(20(30)18(27-31-2)16-7-5-4-6-8-16)14-15-9-11-17(12-10-15)19-26-21(32-28-19)22(23,24)25/h1,4-12H,13-14H2,2H3. The largest absolute Gasteiger partial charge is 0.471 e. The molecule has 0 atom stereocenters. The first-order valence-electron chi connectivity index (χ1n) is 9.23. The third kappa shape index (κ3) is 5.31. The maximum atomic E-state index is 13.1. The lowest BCUT2D eigenvalue weighted by Gasteiger charge is -2.21. The molecule has 164 valence electrons. The fraction of sp³-hybridized carbons (Fsp3) is 0.182. The molecule has 3 aromatic rings. The molecule has 0 bridgehead atoms. The summed E-state index contributed by atoms with van der Waals surface area (Å²) in [5, 5.41) is 7.20. The monoisotopic (exact) mass is 442 g/mol. The molecule has 0 aliphatic heterocycles. The van der Waals surface area contributed by atoms with Gasteiger partial charge in [0.25, 0.3) is 5.91 Å². The predicted octanol–water partition coefficient (Wildman–Crippen LogP) is 3.77. The number of amides is 1. The first kappa shape index (κ1) is 22.6. The molecule has 1 heterocycles. The third-order valence-electron chi connectivity index (χ3n) is 4.26. The van der Waals surface area contributed by atoms with E-state index in [1.807, 2.05) is 0 Å². The number of terminal acetylenes is 1. The quantitative estimate of drug-likeness (QED) is 0.316. The molecule has 0 aliphatic rings. The Morgan fingerprint density at radius 1 is 1.19 bits per heavy atom. The lowest BCUT2D eigenvalue weighted by molar-refractivity contribution is -0.159. The predicted molar refractivity (Wildman–Crippen MR) is 109 cm³/mol. The highest BCUT2D eigenvalue weighted by Gasteiger charge is 2.38. The Morgan fingerprint density at radius 2 is 1.88 bits per heavy atom. The molecule has 1 amide bonds. The van der Waals surface area contributed by atoms with E-state index in [1.54, 1.807) is 42.5 Å². The van der Waals surface area contributed by atoms with Gasteiger partial charge in [-0.05, 0) is 5.56 Å². The molecule has 0 saturated heterocycles. The van der Waals surface area contributed by atoms with Crippen molar-refractivity contribution in [3.63, 3.8) is 0 Å². The molecule has 3 rings (SSSR count).